The maximum Gasteiger partial charge on any atom is 0.254 e. The quantitative estimate of drug-likeness (QED) is 0.938. The Morgan fingerprint density at radius 1 is 1.50 bits per heavy atom. The van der Waals surface area contributed by atoms with E-state index < -0.39 is 0 Å². The van der Waals surface area contributed by atoms with Crippen molar-refractivity contribution in [3.63, 3.8) is 0 Å². The molecule has 1 atom stereocenters. The molecule has 1 aliphatic rings. The first kappa shape index (κ1) is 14.8. The van der Waals surface area contributed by atoms with Crippen molar-refractivity contribution in [2.45, 2.75) is 39.3 Å². The number of likely N-dealkylation sites (tertiary alicyclic amines) is 1. The highest BCUT2D eigenvalue weighted by atomic mass is 16.5. The van der Waals surface area contributed by atoms with Gasteiger partial charge in [0.25, 0.3) is 5.91 Å². The lowest BCUT2D eigenvalue weighted by Gasteiger charge is -2.33. The summed E-state index contributed by atoms with van der Waals surface area (Å²) in [6.45, 7) is 6.60. The second-order valence-corrected chi connectivity index (χ2v) is 5.86. The monoisotopic (exact) mass is 303 g/mol. The molecular formula is C16H21N3O3. The molecule has 6 heteroatoms. The molecule has 0 aromatic carbocycles. The zero-order chi connectivity index (χ0) is 15.5. The normalized spacial score (nSPS) is 19.3. The maximum atomic E-state index is 12.1. The van der Waals surface area contributed by atoms with Crippen LogP contribution in [-0.2, 0) is 6.54 Å². The average molecular weight is 303 g/mol. The Morgan fingerprint density at radius 3 is 3.05 bits per heavy atom. The number of carbonyl (C=O) groups excluding carboxylic acids is 1. The zero-order valence-electron chi connectivity index (χ0n) is 13.0. The number of nitrogens with zero attached hydrogens (tertiary/aromatic N) is 2. The van der Waals surface area contributed by atoms with E-state index in [9.17, 15) is 4.79 Å². The van der Waals surface area contributed by atoms with Crippen molar-refractivity contribution in [1.82, 2.24) is 15.4 Å². The van der Waals surface area contributed by atoms with Crippen LogP contribution in [0, 0.1) is 13.8 Å². The maximum absolute atomic E-state index is 12.1. The standard InChI is InChI=1S/C16H21N3O3/c1-11-15(12(2)22-18-11)9-19-6-3-4-14(8-19)17-16(20)13-5-7-21-10-13/h5,7,10,14H,3-4,6,8-9H2,1-2H3,(H,17,20)/t14-/m0/s1. The lowest BCUT2D eigenvalue weighted by molar-refractivity contribution is 0.0899. The minimum Gasteiger partial charge on any atom is -0.472 e. The number of furan rings is 1. The van der Waals surface area contributed by atoms with Crippen LogP contribution in [0.1, 0.15) is 40.2 Å². The number of nitrogens with one attached hydrogen (secondary N) is 1. The fraction of sp³-hybridized carbons (Fsp3) is 0.500. The van der Waals surface area contributed by atoms with Crippen molar-refractivity contribution in [1.29, 1.82) is 0 Å². The molecule has 0 radical (unpaired) electrons. The summed E-state index contributed by atoms with van der Waals surface area (Å²) in [5.41, 5.74) is 2.67. The molecule has 0 bridgehead atoms. The smallest absolute Gasteiger partial charge is 0.254 e. The SMILES string of the molecule is Cc1noc(C)c1CN1CCC[C@H](NC(=O)c2ccoc2)C1. The third kappa shape index (κ3) is 3.22. The molecule has 2 aromatic rings. The number of piperidine rings is 1. The number of rotatable bonds is 4. The summed E-state index contributed by atoms with van der Waals surface area (Å²) in [5, 5.41) is 7.08. The molecule has 1 amide bonds. The van der Waals surface area contributed by atoms with Crippen LogP contribution in [0.3, 0.4) is 0 Å². The first-order valence-electron chi connectivity index (χ1n) is 7.60. The van der Waals surface area contributed by atoms with E-state index in [4.69, 9.17) is 8.94 Å². The van der Waals surface area contributed by atoms with E-state index in [1.807, 2.05) is 13.8 Å². The lowest BCUT2D eigenvalue weighted by atomic mass is 10.0. The summed E-state index contributed by atoms with van der Waals surface area (Å²) >= 11 is 0. The van der Waals surface area contributed by atoms with Gasteiger partial charge in [-0.2, -0.15) is 0 Å². The minimum atomic E-state index is -0.0714. The zero-order valence-corrected chi connectivity index (χ0v) is 13.0. The highest BCUT2D eigenvalue weighted by Crippen LogP contribution is 2.18. The van der Waals surface area contributed by atoms with Crippen LogP contribution in [-0.4, -0.2) is 35.1 Å². The van der Waals surface area contributed by atoms with Crippen molar-refractivity contribution in [2.75, 3.05) is 13.1 Å². The predicted molar refractivity (Wildman–Crippen MR) is 80.5 cm³/mol. The molecule has 118 valence electrons. The van der Waals surface area contributed by atoms with E-state index in [2.05, 4.69) is 15.4 Å². The van der Waals surface area contributed by atoms with Crippen LogP contribution >= 0.6 is 0 Å². The fourth-order valence-electron chi connectivity index (χ4n) is 2.93. The molecule has 2 aromatic heterocycles. The van der Waals surface area contributed by atoms with E-state index in [1.165, 1.54) is 12.5 Å². The van der Waals surface area contributed by atoms with E-state index in [1.54, 1.807) is 6.07 Å². The van der Waals surface area contributed by atoms with Gasteiger partial charge < -0.3 is 14.3 Å². The second-order valence-electron chi connectivity index (χ2n) is 5.86. The summed E-state index contributed by atoms with van der Waals surface area (Å²) < 4.78 is 10.2. The fourth-order valence-corrected chi connectivity index (χ4v) is 2.93. The van der Waals surface area contributed by atoms with Gasteiger partial charge in [0.1, 0.15) is 12.0 Å². The van der Waals surface area contributed by atoms with Gasteiger partial charge in [-0.3, -0.25) is 9.69 Å². The van der Waals surface area contributed by atoms with E-state index in [0.29, 0.717) is 5.56 Å². The number of carbonyl (C=O) groups is 1. The third-order valence-corrected chi connectivity index (χ3v) is 4.19. The molecule has 1 saturated heterocycles. The van der Waals surface area contributed by atoms with Gasteiger partial charge in [-0.15, -0.1) is 0 Å². The van der Waals surface area contributed by atoms with Crippen LogP contribution in [0.25, 0.3) is 0 Å². The molecule has 22 heavy (non-hydrogen) atoms. The van der Waals surface area contributed by atoms with Gasteiger partial charge in [-0.25, -0.2) is 0 Å². The molecule has 3 heterocycles. The molecular weight excluding hydrogens is 282 g/mol. The minimum absolute atomic E-state index is 0.0714. The molecule has 1 fully saturated rings. The summed E-state index contributed by atoms with van der Waals surface area (Å²) in [7, 11) is 0. The topological polar surface area (TPSA) is 71.5 Å². The van der Waals surface area contributed by atoms with Gasteiger partial charge in [0, 0.05) is 24.7 Å². The highest BCUT2D eigenvalue weighted by molar-refractivity contribution is 5.93. The van der Waals surface area contributed by atoms with E-state index >= 15 is 0 Å². The summed E-state index contributed by atoms with van der Waals surface area (Å²) in [6.07, 6.45) is 5.06. The number of hydrogen-bond acceptors (Lipinski definition) is 5. The number of amides is 1. The summed E-state index contributed by atoms with van der Waals surface area (Å²) in [6, 6.07) is 1.84. The van der Waals surface area contributed by atoms with Gasteiger partial charge in [0.15, 0.2) is 0 Å². The average Bonchev–Trinajstić information content (AvgIpc) is 3.13. The first-order valence-corrected chi connectivity index (χ1v) is 7.60. The number of hydrogen-bond donors (Lipinski definition) is 1. The lowest BCUT2D eigenvalue weighted by Crippen LogP contribution is -2.47. The van der Waals surface area contributed by atoms with Gasteiger partial charge in [-0.05, 0) is 39.3 Å². The Kier molecular flexibility index (Phi) is 4.29. The number of aromatic nitrogens is 1. The molecule has 3 rings (SSSR count). The number of aryl methyl sites for hydroxylation is 2. The van der Waals surface area contributed by atoms with Crippen LogP contribution in [0.4, 0.5) is 0 Å². The van der Waals surface area contributed by atoms with E-state index in [-0.39, 0.29) is 11.9 Å². The van der Waals surface area contributed by atoms with Crippen molar-refractivity contribution in [3.8, 4) is 0 Å². The highest BCUT2D eigenvalue weighted by Gasteiger charge is 2.23. The largest absolute Gasteiger partial charge is 0.472 e. The summed E-state index contributed by atoms with van der Waals surface area (Å²) in [4.78, 5) is 14.4. The Morgan fingerprint density at radius 2 is 2.36 bits per heavy atom. The third-order valence-electron chi connectivity index (χ3n) is 4.19. The molecule has 6 nitrogen and oxygen atoms in total. The molecule has 0 saturated carbocycles. The van der Waals surface area contributed by atoms with Crippen molar-refractivity contribution in [2.24, 2.45) is 0 Å². The van der Waals surface area contributed by atoms with Crippen LogP contribution in [0.5, 0.6) is 0 Å². The van der Waals surface area contributed by atoms with Crippen LogP contribution in [0.15, 0.2) is 27.5 Å². The molecule has 1 N–H and O–H groups in total. The van der Waals surface area contributed by atoms with Gasteiger partial charge in [-0.1, -0.05) is 5.16 Å². The summed E-state index contributed by atoms with van der Waals surface area (Å²) in [5.74, 6) is 0.806. The van der Waals surface area contributed by atoms with Crippen LogP contribution in [0.2, 0.25) is 0 Å². The Balaban J connectivity index is 1.59. The molecule has 0 unspecified atom stereocenters. The predicted octanol–water partition coefficient (Wildman–Crippen LogP) is 2.28. The van der Waals surface area contributed by atoms with Crippen LogP contribution < -0.4 is 5.32 Å². The van der Waals surface area contributed by atoms with Crippen molar-refractivity contribution >= 4 is 5.91 Å². The van der Waals surface area contributed by atoms with Crippen molar-refractivity contribution in [3.05, 3.63) is 41.2 Å². The van der Waals surface area contributed by atoms with Crippen molar-refractivity contribution < 1.29 is 13.7 Å². The second kappa shape index (κ2) is 6.36. The first-order chi connectivity index (χ1) is 10.6. The Hall–Kier alpha value is -2.08. The Labute approximate surface area is 129 Å². The van der Waals surface area contributed by atoms with Gasteiger partial charge >= 0.3 is 0 Å². The van der Waals surface area contributed by atoms with Gasteiger partial charge in [0.05, 0.1) is 17.5 Å². The van der Waals surface area contributed by atoms with E-state index in [0.717, 1.165) is 49.5 Å². The van der Waals surface area contributed by atoms with Gasteiger partial charge in [0.2, 0.25) is 0 Å². The molecule has 0 aliphatic carbocycles. The molecule has 1 aliphatic heterocycles. The Bertz CT molecular complexity index is 614. The molecule has 0 spiro atoms.